The Labute approximate surface area is 130 Å². The standard InChI is InChI=1S/C16H22N4O2/c1-11-3-4-15(21)13(19-11)8-18-12-5-6-22-16(7-12)14-9-17-10-20(14)2/h3-4,9-10,12,16,18,21H,5-8H2,1-2H3/t12-,16-/m1/s1. The number of imidazole rings is 1. The first kappa shape index (κ1) is 15.0. The van der Waals surface area contributed by atoms with Crippen LogP contribution in [0.1, 0.15) is 36.0 Å². The van der Waals surface area contributed by atoms with Gasteiger partial charge < -0.3 is 19.7 Å². The highest BCUT2D eigenvalue weighted by molar-refractivity contribution is 5.27. The number of rotatable bonds is 4. The fraction of sp³-hybridized carbons (Fsp3) is 0.500. The van der Waals surface area contributed by atoms with E-state index in [0.29, 0.717) is 18.3 Å². The lowest BCUT2D eigenvalue weighted by atomic mass is 10.0. The van der Waals surface area contributed by atoms with E-state index in [-0.39, 0.29) is 11.9 Å². The Morgan fingerprint density at radius 1 is 1.45 bits per heavy atom. The molecule has 3 rings (SSSR count). The Balaban J connectivity index is 1.61. The Kier molecular flexibility index (Phi) is 4.40. The van der Waals surface area contributed by atoms with E-state index < -0.39 is 0 Å². The number of nitrogens with zero attached hydrogens (tertiary/aromatic N) is 3. The molecular formula is C16H22N4O2. The Bertz CT molecular complexity index is 641. The molecule has 3 heterocycles. The van der Waals surface area contributed by atoms with Gasteiger partial charge in [0, 0.05) is 31.9 Å². The lowest BCUT2D eigenvalue weighted by molar-refractivity contribution is -0.00411. The third-order valence-electron chi connectivity index (χ3n) is 4.12. The first-order chi connectivity index (χ1) is 10.6. The van der Waals surface area contributed by atoms with Crippen LogP contribution in [0.5, 0.6) is 5.75 Å². The lowest BCUT2D eigenvalue weighted by Gasteiger charge is -2.30. The zero-order chi connectivity index (χ0) is 15.5. The van der Waals surface area contributed by atoms with Gasteiger partial charge in [-0.15, -0.1) is 0 Å². The van der Waals surface area contributed by atoms with Crippen LogP contribution in [-0.2, 0) is 18.3 Å². The van der Waals surface area contributed by atoms with Gasteiger partial charge in [0.2, 0.25) is 0 Å². The summed E-state index contributed by atoms with van der Waals surface area (Å²) < 4.78 is 7.86. The molecule has 0 radical (unpaired) electrons. The number of aromatic hydroxyl groups is 1. The van der Waals surface area contributed by atoms with Gasteiger partial charge in [-0.05, 0) is 31.9 Å². The average molecular weight is 302 g/mol. The van der Waals surface area contributed by atoms with Crippen molar-refractivity contribution in [3.63, 3.8) is 0 Å². The van der Waals surface area contributed by atoms with Crippen LogP contribution in [0.4, 0.5) is 0 Å². The molecule has 0 aromatic carbocycles. The molecule has 0 unspecified atom stereocenters. The molecule has 22 heavy (non-hydrogen) atoms. The van der Waals surface area contributed by atoms with Crippen molar-refractivity contribution in [2.24, 2.45) is 7.05 Å². The molecule has 0 amide bonds. The highest BCUT2D eigenvalue weighted by Gasteiger charge is 2.25. The molecule has 6 heteroatoms. The Morgan fingerprint density at radius 3 is 3.09 bits per heavy atom. The largest absolute Gasteiger partial charge is 0.506 e. The summed E-state index contributed by atoms with van der Waals surface area (Å²) in [7, 11) is 1.98. The van der Waals surface area contributed by atoms with E-state index in [4.69, 9.17) is 4.74 Å². The van der Waals surface area contributed by atoms with E-state index in [2.05, 4.69) is 15.3 Å². The molecule has 2 aromatic rings. The van der Waals surface area contributed by atoms with E-state index in [0.717, 1.165) is 30.8 Å². The molecule has 2 aromatic heterocycles. The predicted molar refractivity (Wildman–Crippen MR) is 82.4 cm³/mol. The normalized spacial score (nSPS) is 21.9. The number of pyridine rings is 1. The summed E-state index contributed by atoms with van der Waals surface area (Å²) in [4.78, 5) is 8.54. The van der Waals surface area contributed by atoms with Crippen molar-refractivity contribution < 1.29 is 9.84 Å². The summed E-state index contributed by atoms with van der Waals surface area (Å²) in [6.45, 7) is 3.22. The van der Waals surface area contributed by atoms with Crippen molar-refractivity contribution in [2.45, 2.75) is 38.5 Å². The maximum absolute atomic E-state index is 9.86. The second-order valence-corrected chi connectivity index (χ2v) is 5.81. The van der Waals surface area contributed by atoms with Gasteiger partial charge >= 0.3 is 0 Å². The van der Waals surface area contributed by atoms with Gasteiger partial charge in [-0.2, -0.15) is 0 Å². The second kappa shape index (κ2) is 6.46. The van der Waals surface area contributed by atoms with Gasteiger partial charge in [-0.3, -0.25) is 4.98 Å². The van der Waals surface area contributed by atoms with Crippen LogP contribution in [0.25, 0.3) is 0 Å². The predicted octanol–water partition coefficient (Wildman–Crippen LogP) is 1.84. The Hall–Kier alpha value is -1.92. The summed E-state index contributed by atoms with van der Waals surface area (Å²) in [6.07, 6.45) is 5.58. The minimum absolute atomic E-state index is 0.0674. The van der Waals surface area contributed by atoms with Gasteiger partial charge in [0.15, 0.2) is 0 Å². The maximum atomic E-state index is 9.86. The number of aryl methyl sites for hydroxylation is 2. The fourth-order valence-electron chi connectivity index (χ4n) is 2.84. The lowest BCUT2D eigenvalue weighted by Crippen LogP contribution is -2.36. The van der Waals surface area contributed by atoms with E-state index in [1.165, 1.54) is 0 Å². The van der Waals surface area contributed by atoms with Gasteiger partial charge in [0.1, 0.15) is 11.9 Å². The minimum Gasteiger partial charge on any atom is -0.506 e. The van der Waals surface area contributed by atoms with Crippen LogP contribution in [-0.4, -0.2) is 32.3 Å². The van der Waals surface area contributed by atoms with Crippen LogP contribution in [0.15, 0.2) is 24.7 Å². The fourth-order valence-corrected chi connectivity index (χ4v) is 2.84. The van der Waals surface area contributed by atoms with Crippen LogP contribution in [0, 0.1) is 6.92 Å². The van der Waals surface area contributed by atoms with E-state index in [1.54, 1.807) is 12.4 Å². The number of hydrogen-bond acceptors (Lipinski definition) is 5. The highest BCUT2D eigenvalue weighted by Crippen LogP contribution is 2.28. The molecule has 0 spiro atoms. The molecule has 1 aliphatic heterocycles. The van der Waals surface area contributed by atoms with Crippen molar-refractivity contribution in [3.05, 3.63) is 41.7 Å². The topological polar surface area (TPSA) is 72.2 Å². The monoisotopic (exact) mass is 302 g/mol. The SMILES string of the molecule is Cc1ccc(O)c(CN[C@@H]2CCO[C@@H](c3cncn3C)C2)n1. The van der Waals surface area contributed by atoms with Crippen LogP contribution < -0.4 is 5.32 Å². The summed E-state index contributed by atoms with van der Waals surface area (Å²) >= 11 is 0. The van der Waals surface area contributed by atoms with Crippen molar-refractivity contribution in [2.75, 3.05) is 6.61 Å². The molecule has 2 N–H and O–H groups in total. The summed E-state index contributed by atoms with van der Waals surface area (Å²) in [5, 5.41) is 13.3. The van der Waals surface area contributed by atoms with Crippen molar-refractivity contribution >= 4 is 0 Å². The highest BCUT2D eigenvalue weighted by atomic mass is 16.5. The molecular weight excluding hydrogens is 280 g/mol. The molecule has 0 bridgehead atoms. The van der Waals surface area contributed by atoms with Gasteiger partial charge in [-0.25, -0.2) is 4.98 Å². The first-order valence-electron chi connectivity index (χ1n) is 7.60. The van der Waals surface area contributed by atoms with E-state index in [1.807, 2.05) is 30.8 Å². The number of nitrogens with one attached hydrogen (secondary N) is 1. The van der Waals surface area contributed by atoms with Gasteiger partial charge in [-0.1, -0.05) is 0 Å². The first-order valence-corrected chi connectivity index (χ1v) is 7.60. The van der Waals surface area contributed by atoms with Crippen molar-refractivity contribution in [3.8, 4) is 5.75 Å². The molecule has 118 valence electrons. The zero-order valence-corrected chi connectivity index (χ0v) is 13.0. The molecule has 0 saturated carbocycles. The van der Waals surface area contributed by atoms with Crippen LogP contribution >= 0.6 is 0 Å². The maximum Gasteiger partial charge on any atom is 0.138 e. The van der Waals surface area contributed by atoms with Gasteiger partial charge in [0.25, 0.3) is 0 Å². The van der Waals surface area contributed by atoms with Crippen LogP contribution in [0.3, 0.4) is 0 Å². The van der Waals surface area contributed by atoms with Crippen molar-refractivity contribution in [1.29, 1.82) is 0 Å². The van der Waals surface area contributed by atoms with Crippen LogP contribution in [0.2, 0.25) is 0 Å². The minimum atomic E-state index is 0.0674. The van der Waals surface area contributed by atoms with Gasteiger partial charge in [0.05, 0.1) is 23.9 Å². The molecule has 1 fully saturated rings. The van der Waals surface area contributed by atoms with Crippen molar-refractivity contribution in [1.82, 2.24) is 19.9 Å². The third-order valence-corrected chi connectivity index (χ3v) is 4.12. The molecule has 1 saturated heterocycles. The third kappa shape index (κ3) is 3.28. The van der Waals surface area contributed by atoms with E-state index >= 15 is 0 Å². The number of ether oxygens (including phenoxy) is 1. The quantitative estimate of drug-likeness (QED) is 0.901. The van der Waals surface area contributed by atoms with E-state index in [9.17, 15) is 5.11 Å². The smallest absolute Gasteiger partial charge is 0.138 e. The molecule has 6 nitrogen and oxygen atoms in total. The number of hydrogen-bond donors (Lipinski definition) is 2. The zero-order valence-electron chi connectivity index (χ0n) is 13.0. The Morgan fingerprint density at radius 2 is 2.32 bits per heavy atom. The molecule has 1 aliphatic rings. The summed E-state index contributed by atoms with van der Waals surface area (Å²) in [5.74, 6) is 0.244. The molecule has 2 atom stereocenters. The average Bonchev–Trinajstić information content (AvgIpc) is 2.95. The summed E-state index contributed by atoms with van der Waals surface area (Å²) in [6, 6.07) is 3.85. The molecule has 0 aliphatic carbocycles. The number of aromatic nitrogens is 3. The second-order valence-electron chi connectivity index (χ2n) is 5.81. The summed E-state index contributed by atoms with van der Waals surface area (Å²) in [5.41, 5.74) is 2.71.